The molecular weight excluding hydrogens is 570 g/mol. The molecule has 1 amide bonds. The van der Waals surface area contributed by atoms with Crippen LogP contribution in [-0.4, -0.2) is 96.3 Å². The summed E-state index contributed by atoms with van der Waals surface area (Å²) < 4.78 is 45.0. The van der Waals surface area contributed by atoms with Gasteiger partial charge in [-0.1, -0.05) is 26.0 Å². The molecule has 2 aliphatic rings. The Morgan fingerprint density at radius 3 is 2.59 bits per heavy atom. The highest BCUT2D eigenvalue weighted by atomic mass is 32.2. The van der Waals surface area contributed by atoms with Crippen molar-refractivity contribution in [2.24, 2.45) is 5.92 Å². The number of nitrogens with zero attached hydrogens (tertiary/aromatic N) is 3. The molecule has 1 atom stereocenters. The molecule has 226 valence electrons. The molecule has 1 fully saturated rings. The first kappa shape index (κ1) is 31.2. The van der Waals surface area contributed by atoms with Gasteiger partial charge in [-0.25, -0.2) is 13.2 Å². The number of hydrogen-bond donors (Lipinski definition) is 2. The van der Waals surface area contributed by atoms with E-state index in [4.69, 9.17) is 14.2 Å². The summed E-state index contributed by atoms with van der Waals surface area (Å²) in [6, 6.07) is 10.9. The third-order valence-electron chi connectivity index (χ3n) is 6.91. The van der Waals surface area contributed by atoms with Crippen molar-refractivity contribution in [2.45, 2.75) is 44.0 Å². The van der Waals surface area contributed by atoms with Crippen LogP contribution in [0, 0.1) is 5.92 Å². The standard InChI is InChI=1S/C28H39N3O8S2/c1-21(2)18-30(41(35,36)25-8-9-26-27(17-25)39-20-38-26)12-10-23(31(34)28(32)33)16-22-4-6-24(7-5-22)37-14-3-11-29-13-15-40-19-29/h4-9,17,21,23,34H,3,10-16,18-20H2,1-2H3,(H,32,33). The Bertz CT molecular complexity index is 1250. The molecule has 1 saturated heterocycles. The fraction of sp³-hybridized carbons (Fsp3) is 0.536. The van der Waals surface area contributed by atoms with Crippen LogP contribution in [-0.2, 0) is 16.4 Å². The number of rotatable bonds is 15. The van der Waals surface area contributed by atoms with Crippen molar-refractivity contribution in [2.75, 3.05) is 51.2 Å². The quantitative estimate of drug-likeness (QED) is 0.172. The second kappa shape index (κ2) is 14.5. The maximum absolute atomic E-state index is 13.6. The molecule has 2 aromatic carbocycles. The smallest absolute Gasteiger partial charge is 0.431 e. The lowest BCUT2D eigenvalue weighted by atomic mass is 10.0. The van der Waals surface area contributed by atoms with Gasteiger partial charge in [0, 0.05) is 43.9 Å². The molecule has 11 nitrogen and oxygen atoms in total. The lowest BCUT2D eigenvalue weighted by Crippen LogP contribution is -2.42. The highest BCUT2D eigenvalue weighted by Gasteiger charge is 2.30. The first-order chi connectivity index (χ1) is 19.6. The number of hydrogen-bond acceptors (Lipinski definition) is 9. The third-order valence-corrected chi connectivity index (χ3v) is 9.79. The van der Waals surface area contributed by atoms with E-state index in [0.29, 0.717) is 18.1 Å². The Hall–Kier alpha value is -2.71. The number of fused-ring (bicyclic) bond motifs is 1. The van der Waals surface area contributed by atoms with E-state index < -0.39 is 22.2 Å². The van der Waals surface area contributed by atoms with Crippen molar-refractivity contribution >= 4 is 27.9 Å². The van der Waals surface area contributed by atoms with Crippen molar-refractivity contribution in [3.05, 3.63) is 48.0 Å². The average molecular weight is 610 g/mol. The molecule has 41 heavy (non-hydrogen) atoms. The fourth-order valence-corrected chi connectivity index (χ4v) is 7.43. The number of carbonyl (C=O) groups is 1. The van der Waals surface area contributed by atoms with Crippen molar-refractivity contribution in [3.63, 3.8) is 0 Å². The summed E-state index contributed by atoms with van der Waals surface area (Å²) in [5.41, 5.74) is 0.797. The van der Waals surface area contributed by atoms with E-state index in [1.54, 1.807) is 6.07 Å². The Labute approximate surface area is 246 Å². The van der Waals surface area contributed by atoms with Gasteiger partial charge in [-0.2, -0.15) is 9.37 Å². The molecule has 0 radical (unpaired) electrons. The first-order valence-corrected chi connectivity index (χ1v) is 16.4. The minimum absolute atomic E-state index is 0.0146. The molecular formula is C28H39N3O8S2. The van der Waals surface area contributed by atoms with E-state index >= 15 is 0 Å². The van der Waals surface area contributed by atoms with Gasteiger partial charge in [0.25, 0.3) is 0 Å². The second-order valence-corrected chi connectivity index (χ2v) is 13.6. The normalized spacial score (nSPS) is 15.9. The van der Waals surface area contributed by atoms with E-state index in [9.17, 15) is 23.5 Å². The number of amides is 1. The second-order valence-electron chi connectivity index (χ2n) is 10.5. The van der Waals surface area contributed by atoms with Gasteiger partial charge in [0.1, 0.15) is 5.75 Å². The predicted molar refractivity (Wildman–Crippen MR) is 155 cm³/mol. The molecule has 2 aliphatic heterocycles. The molecule has 13 heteroatoms. The number of ether oxygens (including phenoxy) is 3. The first-order valence-electron chi connectivity index (χ1n) is 13.8. The van der Waals surface area contributed by atoms with E-state index in [0.717, 1.165) is 36.7 Å². The molecule has 0 spiro atoms. The molecule has 0 aliphatic carbocycles. The summed E-state index contributed by atoms with van der Waals surface area (Å²) in [5, 5.41) is 20.1. The minimum Gasteiger partial charge on any atom is -0.494 e. The maximum Gasteiger partial charge on any atom is 0.431 e. The molecule has 1 unspecified atom stereocenters. The van der Waals surface area contributed by atoms with Gasteiger partial charge in [0.15, 0.2) is 11.5 Å². The summed E-state index contributed by atoms with van der Waals surface area (Å²) >= 11 is 1.94. The lowest BCUT2D eigenvalue weighted by molar-refractivity contribution is -0.0984. The van der Waals surface area contributed by atoms with Gasteiger partial charge >= 0.3 is 6.09 Å². The number of carboxylic acid groups (broad SMARTS) is 1. The minimum atomic E-state index is -3.93. The van der Waals surface area contributed by atoms with Crippen molar-refractivity contribution < 1.29 is 37.7 Å². The van der Waals surface area contributed by atoms with Crippen LogP contribution in [0.1, 0.15) is 32.3 Å². The largest absolute Gasteiger partial charge is 0.494 e. The van der Waals surface area contributed by atoms with Crippen LogP contribution in [0.3, 0.4) is 0 Å². The zero-order valence-corrected chi connectivity index (χ0v) is 25.1. The number of hydroxylamine groups is 2. The summed E-state index contributed by atoms with van der Waals surface area (Å²) in [6.07, 6.45) is -0.271. The average Bonchev–Trinajstić information content (AvgIpc) is 3.64. The summed E-state index contributed by atoms with van der Waals surface area (Å²) in [5.74, 6) is 3.84. The van der Waals surface area contributed by atoms with Crippen LogP contribution in [0.4, 0.5) is 4.79 Å². The molecule has 2 aromatic rings. The molecule has 2 heterocycles. The zero-order valence-electron chi connectivity index (χ0n) is 23.5. The van der Waals surface area contributed by atoms with Gasteiger partial charge in [-0.15, -0.1) is 11.8 Å². The Morgan fingerprint density at radius 1 is 1.15 bits per heavy atom. The highest BCUT2D eigenvalue weighted by molar-refractivity contribution is 7.99. The summed E-state index contributed by atoms with van der Waals surface area (Å²) in [6.45, 7) is 6.82. The van der Waals surface area contributed by atoms with Crippen LogP contribution >= 0.6 is 11.8 Å². The summed E-state index contributed by atoms with van der Waals surface area (Å²) in [4.78, 5) is 14.1. The van der Waals surface area contributed by atoms with Crippen LogP contribution < -0.4 is 14.2 Å². The lowest BCUT2D eigenvalue weighted by Gasteiger charge is -2.28. The van der Waals surface area contributed by atoms with E-state index in [2.05, 4.69) is 4.90 Å². The van der Waals surface area contributed by atoms with Crippen molar-refractivity contribution in [3.8, 4) is 17.2 Å². The van der Waals surface area contributed by atoms with E-state index in [1.807, 2.05) is 49.9 Å². The molecule has 0 bridgehead atoms. The monoisotopic (exact) mass is 609 g/mol. The number of sulfonamides is 1. The maximum atomic E-state index is 13.6. The predicted octanol–water partition coefficient (Wildman–Crippen LogP) is 4.21. The SMILES string of the molecule is CC(C)CN(CCC(Cc1ccc(OCCCN2CCSC2)cc1)N(O)C(=O)O)S(=O)(=O)c1ccc2c(c1)OCO2. The molecule has 0 saturated carbocycles. The molecule has 2 N–H and O–H groups in total. The number of thioether (sulfide) groups is 1. The topological polar surface area (TPSA) is 129 Å². The molecule has 4 rings (SSSR count). The van der Waals surface area contributed by atoms with Gasteiger partial charge in [-0.05, 0) is 55.0 Å². The zero-order chi connectivity index (χ0) is 29.4. The van der Waals surface area contributed by atoms with Gasteiger partial charge < -0.3 is 19.3 Å². The Kier molecular flexibility index (Phi) is 11.0. The van der Waals surface area contributed by atoms with E-state index in [1.165, 1.54) is 22.2 Å². The molecule has 0 aromatic heterocycles. The van der Waals surface area contributed by atoms with Crippen molar-refractivity contribution in [1.82, 2.24) is 14.3 Å². The highest BCUT2D eigenvalue weighted by Crippen LogP contribution is 2.35. The van der Waals surface area contributed by atoms with Crippen molar-refractivity contribution in [1.29, 1.82) is 0 Å². The van der Waals surface area contributed by atoms with Gasteiger partial charge in [0.2, 0.25) is 16.8 Å². The van der Waals surface area contributed by atoms with Gasteiger partial charge in [0.05, 0.1) is 17.5 Å². The Balaban J connectivity index is 1.39. The summed E-state index contributed by atoms with van der Waals surface area (Å²) in [7, 11) is -3.93. The fourth-order valence-electron chi connectivity index (χ4n) is 4.76. The third kappa shape index (κ3) is 8.65. The van der Waals surface area contributed by atoms with Crippen LogP contribution in [0.5, 0.6) is 17.2 Å². The van der Waals surface area contributed by atoms with Crippen LogP contribution in [0.25, 0.3) is 0 Å². The Morgan fingerprint density at radius 2 is 1.90 bits per heavy atom. The van der Waals surface area contributed by atoms with Crippen LogP contribution in [0.2, 0.25) is 0 Å². The van der Waals surface area contributed by atoms with E-state index in [-0.39, 0.29) is 48.6 Å². The van der Waals surface area contributed by atoms with Crippen LogP contribution in [0.15, 0.2) is 47.4 Å². The van der Waals surface area contributed by atoms with Gasteiger partial charge in [-0.3, -0.25) is 10.1 Å². The number of benzene rings is 2.